The molecule has 1 fully saturated rings. The number of hydrogen-bond acceptors (Lipinski definition) is 4. The lowest BCUT2D eigenvalue weighted by Crippen LogP contribution is -2.42. The Bertz CT molecular complexity index is 709. The van der Waals surface area contributed by atoms with Crippen molar-refractivity contribution in [3.63, 3.8) is 0 Å². The van der Waals surface area contributed by atoms with Crippen molar-refractivity contribution in [3.8, 4) is 5.75 Å². The molecular weight excluding hydrogens is 352 g/mol. The van der Waals surface area contributed by atoms with Crippen LogP contribution in [0, 0.1) is 5.41 Å². The third-order valence-electron chi connectivity index (χ3n) is 4.89. The quantitative estimate of drug-likeness (QED) is 0.810. The van der Waals surface area contributed by atoms with Gasteiger partial charge in [0.1, 0.15) is 5.75 Å². The number of nitrogens with zero attached hydrogens (tertiary/aromatic N) is 2. The maximum atomic E-state index is 12.4. The van der Waals surface area contributed by atoms with Gasteiger partial charge in [0.05, 0.1) is 25.4 Å². The summed E-state index contributed by atoms with van der Waals surface area (Å²) in [5.74, 6) is 0.774. The number of hydrogen-bond donors (Lipinski definition) is 2. The van der Waals surface area contributed by atoms with Gasteiger partial charge in [-0.3, -0.25) is 9.48 Å². The summed E-state index contributed by atoms with van der Waals surface area (Å²) in [6, 6.07) is 7.84. The van der Waals surface area contributed by atoms with Gasteiger partial charge in [-0.2, -0.15) is 5.10 Å². The van der Waals surface area contributed by atoms with E-state index in [0.717, 1.165) is 37.2 Å². The molecule has 2 heterocycles. The van der Waals surface area contributed by atoms with E-state index in [4.69, 9.17) is 4.74 Å². The summed E-state index contributed by atoms with van der Waals surface area (Å²) in [5, 5.41) is 10.7. The maximum Gasteiger partial charge on any atom is 0.254 e. The molecule has 1 aromatic heterocycles. The molecule has 3 rings (SSSR count). The second-order valence-electron chi connectivity index (χ2n) is 7.02. The zero-order valence-electron chi connectivity index (χ0n) is 15.3. The highest BCUT2D eigenvalue weighted by atomic mass is 35.5. The highest BCUT2D eigenvalue weighted by Crippen LogP contribution is 2.26. The number of piperidine rings is 1. The Balaban J connectivity index is 0.00000243. The average molecular weight is 379 g/mol. The van der Waals surface area contributed by atoms with Crippen molar-refractivity contribution in [1.29, 1.82) is 0 Å². The molecule has 7 heteroatoms. The monoisotopic (exact) mass is 378 g/mol. The zero-order valence-corrected chi connectivity index (χ0v) is 16.1. The van der Waals surface area contributed by atoms with Crippen molar-refractivity contribution in [2.24, 2.45) is 5.41 Å². The number of methoxy groups -OCH3 is 1. The number of nitrogens with one attached hydrogen (secondary N) is 2. The molecule has 0 radical (unpaired) electrons. The number of rotatable bonds is 6. The van der Waals surface area contributed by atoms with Crippen LogP contribution in [0.4, 0.5) is 0 Å². The fraction of sp³-hybridized carbons (Fsp3) is 0.474. The summed E-state index contributed by atoms with van der Waals surface area (Å²) in [6.45, 7) is 5.61. The summed E-state index contributed by atoms with van der Waals surface area (Å²) in [5.41, 5.74) is 1.89. The van der Waals surface area contributed by atoms with Crippen LogP contribution in [0.25, 0.3) is 0 Å². The van der Waals surface area contributed by atoms with Crippen LogP contribution in [-0.2, 0) is 6.54 Å². The van der Waals surface area contributed by atoms with Crippen molar-refractivity contribution in [3.05, 3.63) is 47.8 Å². The van der Waals surface area contributed by atoms with Crippen LogP contribution in [0.15, 0.2) is 36.7 Å². The van der Waals surface area contributed by atoms with E-state index in [1.807, 2.05) is 24.3 Å². The Morgan fingerprint density at radius 2 is 2.00 bits per heavy atom. The Kier molecular flexibility index (Phi) is 7.06. The SMILES string of the molecule is COc1ccc(Cn2cc(C(=O)NCC3(C)CCNCC3)cn2)cc1.Cl. The van der Waals surface area contributed by atoms with E-state index < -0.39 is 0 Å². The van der Waals surface area contributed by atoms with E-state index in [1.54, 1.807) is 24.2 Å². The van der Waals surface area contributed by atoms with Crippen LogP contribution < -0.4 is 15.4 Å². The molecule has 1 aliphatic heterocycles. The lowest BCUT2D eigenvalue weighted by atomic mass is 9.81. The molecule has 1 saturated heterocycles. The van der Waals surface area contributed by atoms with Crippen LogP contribution in [0.3, 0.4) is 0 Å². The smallest absolute Gasteiger partial charge is 0.254 e. The molecule has 1 aliphatic rings. The topological polar surface area (TPSA) is 68.2 Å². The minimum absolute atomic E-state index is 0. The molecule has 0 spiro atoms. The van der Waals surface area contributed by atoms with Gasteiger partial charge in [0.25, 0.3) is 5.91 Å². The van der Waals surface area contributed by atoms with Crippen molar-refractivity contribution < 1.29 is 9.53 Å². The van der Waals surface area contributed by atoms with E-state index in [9.17, 15) is 4.79 Å². The Hall–Kier alpha value is -2.05. The molecule has 6 nitrogen and oxygen atoms in total. The van der Waals surface area contributed by atoms with E-state index in [1.165, 1.54) is 0 Å². The number of carbonyl (C=O) groups is 1. The largest absolute Gasteiger partial charge is 0.497 e. The van der Waals surface area contributed by atoms with Gasteiger partial charge in [-0.25, -0.2) is 0 Å². The van der Waals surface area contributed by atoms with E-state index >= 15 is 0 Å². The maximum absolute atomic E-state index is 12.4. The Morgan fingerprint density at radius 3 is 2.65 bits per heavy atom. The number of halogens is 1. The summed E-state index contributed by atoms with van der Waals surface area (Å²) in [7, 11) is 1.65. The van der Waals surface area contributed by atoms with Crippen LogP contribution in [0.1, 0.15) is 35.7 Å². The first-order chi connectivity index (χ1) is 12.1. The second kappa shape index (κ2) is 9.05. The zero-order chi connectivity index (χ0) is 17.7. The van der Waals surface area contributed by atoms with Crippen LogP contribution in [0.5, 0.6) is 5.75 Å². The molecule has 0 atom stereocenters. The summed E-state index contributed by atoms with van der Waals surface area (Å²) < 4.78 is 6.94. The van der Waals surface area contributed by atoms with E-state index in [0.29, 0.717) is 18.7 Å². The van der Waals surface area contributed by atoms with Crippen molar-refractivity contribution in [2.75, 3.05) is 26.7 Å². The van der Waals surface area contributed by atoms with Gasteiger partial charge < -0.3 is 15.4 Å². The highest BCUT2D eigenvalue weighted by molar-refractivity contribution is 5.93. The van der Waals surface area contributed by atoms with Gasteiger partial charge in [0.2, 0.25) is 0 Å². The molecular formula is C19H27ClN4O2. The second-order valence-corrected chi connectivity index (χ2v) is 7.02. The first-order valence-electron chi connectivity index (χ1n) is 8.72. The molecule has 0 saturated carbocycles. The minimum atomic E-state index is -0.0549. The normalized spacial score (nSPS) is 15.8. The minimum Gasteiger partial charge on any atom is -0.497 e. The van der Waals surface area contributed by atoms with Crippen molar-refractivity contribution >= 4 is 18.3 Å². The molecule has 0 bridgehead atoms. The molecule has 0 unspecified atom stereocenters. The van der Waals surface area contributed by atoms with Crippen molar-refractivity contribution in [2.45, 2.75) is 26.3 Å². The predicted molar refractivity (Wildman–Crippen MR) is 104 cm³/mol. The standard InChI is InChI=1S/C19H26N4O2.ClH/c1-19(7-9-20-10-8-19)14-21-18(24)16-11-22-23(13-16)12-15-3-5-17(25-2)6-4-15;/h3-6,11,13,20H,7-10,12,14H2,1-2H3,(H,21,24);1H. The lowest BCUT2D eigenvalue weighted by Gasteiger charge is -2.34. The number of ether oxygens (including phenoxy) is 1. The Morgan fingerprint density at radius 1 is 1.31 bits per heavy atom. The van der Waals surface area contributed by atoms with Gasteiger partial charge in [-0.15, -0.1) is 12.4 Å². The average Bonchev–Trinajstić information content (AvgIpc) is 3.10. The Labute approximate surface area is 160 Å². The number of carbonyl (C=O) groups excluding carboxylic acids is 1. The first-order valence-corrected chi connectivity index (χ1v) is 8.72. The van der Waals surface area contributed by atoms with Gasteiger partial charge >= 0.3 is 0 Å². The van der Waals surface area contributed by atoms with Crippen LogP contribution >= 0.6 is 12.4 Å². The molecule has 1 aromatic carbocycles. The fourth-order valence-corrected chi connectivity index (χ4v) is 3.09. The van der Waals surface area contributed by atoms with Crippen LogP contribution in [-0.4, -0.2) is 42.4 Å². The number of benzene rings is 1. The van der Waals surface area contributed by atoms with Gasteiger partial charge in [-0.1, -0.05) is 19.1 Å². The van der Waals surface area contributed by atoms with Crippen LogP contribution in [0.2, 0.25) is 0 Å². The summed E-state index contributed by atoms with van der Waals surface area (Å²) in [6.07, 6.45) is 5.60. The fourth-order valence-electron chi connectivity index (χ4n) is 3.09. The predicted octanol–water partition coefficient (Wildman–Crippen LogP) is 2.48. The molecule has 2 N–H and O–H groups in total. The molecule has 26 heavy (non-hydrogen) atoms. The number of amides is 1. The number of aromatic nitrogens is 2. The molecule has 0 aliphatic carbocycles. The summed E-state index contributed by atoms with van der Waals surface area (Å²) >= 11 is 0. The molecule has 1 amide bonds. The highest BCUT2D eigenvalue weighted by Gasteiger charge is 2.27. The lowest BCUT2D eigenvalue weighted by molar-refractivity contribution is 0.0922. The molecule has 2 aromatic rings. The summed E-state index contributed by atoms with van der Waals surface area (Å²) in [4.78, 5) is 12.4. The van der Waals surface area contributed by atoms with E-state index in [-0.39, 0.29) is 23.7 Å². The van der Waals surface area contributed by atoms with Gasteiger partial charge in [-0.05, 0) is 49.0 Å². The first kappa shape index (κ1) is 20.3. The third kappa shape index (κ3) is 5.22. The van der Waals surface area contributed by atoms with Gasteiger partial charge in [0.15, 0.2) is 0 Å². The van der Waals surface area contributed by atoms with E-state index in [2.05, 4.69) is 22.7 Å². The molecule has 142 valence electrons. The van der Waals surface area contributed by atoms with Crippen molar-refractivity contribution in [1.82, 2.24) is 20.4 Å². The van der Waals surface area contributed by atoms with Gasteiger partial charge in [0, 0.05) is 12.7 Å². The third-order valence-corrected chi connectivity index (χ3v) is 4.89.